The lowest BCUT2D eigenvalue weighted by Gasteiger charge is -2.10. The summed E-state index contributed by atoms with van der Waals surface area (Å²) in [4.78, 5) is 8.49. The standard InChI is InChI=1S/C11H19N3/c1-4-6-10-9(3)13-8-14-11(10)12-7-5-2/h8H,4-7H2,1-3H3,(H,12,13,14). The van der Waals surface area contributed by atoms with Crippen LogP contribution < -0.4 is 5.32 Å². The molecule has 0 aromatic carbocycles. The van der Waals surface area contributed by atoms with Crippen LogP contribution in [0.3, 0.4) is 0 Å². The molecule has 0 aliphatic heterocycles. The van der Waals surface area contributed by atoms with E-state index < -0.39 is 0 Å². The number of aromatic nitrogens is 2. The average molecular weight is 193 g/mol. The van der Waals surface area contributed by atoms with Gasteiger partial charge in [-0.1, -0.05) is 20.3 Å². The second-order valence-electron chi connectivity index (χ2n) is 3.46. The van der Waals surface area contributed by atoms with Gasteiger partial charge in [0.15, 0.2) is 0 Å². The van der Waals surface area contributed by atoms with Crippen molar-refractivity contribution < 1.29 is 0 Å². The van der Waals surface area contributed by atoms with Crippen molar-refractivity contribution in [2.45, 2.75) is 40.0 Å². The molecule has 0 amide bonds. The van der Waals surface area contributed by atoms with Gasteiger partial charge in [0.25, 0.3) is 0 Å². The molecular formula is C11H19N3. The lowest BCUT2D eigenvalue weighted by molar-refractivity contribution is 0.873. The van der Waals surface area contributed by atoms with Crippen molar-refractivity contribution in [3.05, 3.63) is 17.6 Å². The van der Waals surface area contributed by atoms with Gasteiger partial charge in [0.05, 0.1) is 0 Å². The largest absolute Gasteiger partial charge is 0.370 e. The highest BCUT2D eigenvalue weighted by Crippen LogP contribution is 2.16. The monoisotopic (exact) mass is 193 g/mol. The molecule has 1 N–H and O–H groups in total. The fourth-order valence-corrected chi connectivity index (χ4v) is 1.45. The molecule has 0 radical (unpaired) electrons. The fraction of sp³-hybridized carbons (Fsp3) is 0.636. The topological polar surface area (TPSA) is 37.8 Å². The average Bonchev–Trinajstić information content (AvgIpc) is 2.19. The van der Waals surface area contributed by atoms with E-state index in [2.05, 4.69) is 29.1 Å². The molecule has 14 heavy (non-hydrogen) atoms. The summed E-state index contributed by atoms with van der Waals surface area (Å²) in [7, 11) is 0. The first-order chi connectivity index (χ1) is 6.79. The highest BCUT2D eigenvalue weighted by Gasteiger charge is 2.05. The molecule has 0 aliphatic rings. The molecule has 1 aromatic rings. The Balaban J connectivity index is 2.83. The lowest BCUT2D eigenvalue weighted by atomic mass is 10.1. The van der Waals surface area contributed by atoms with E-state index in [-0.39, 0.29) is 0 Å². The zero-order valence-corrected chi connectivity index (χ0v) is 9.30. The van der Waals surface area contributed by atoms with Gasteiger partial charge in [-0.05, 0) is 19.8 Å². The Morgan fingerprint density at radius 3 is 2.64 bits per heavy atom. The van der Waals surface area contributed by atoms with Crippen molar-refractivity contribution in [2.24, 2.45) is 0 Å². The molecule has 0 fully saturated rings. The van der Waals surface area contributed by atoms with Crippen LogP contribution in [-0.2, 0) is 6.42 Å². The summed E-state index contributed by atoms with van der Waals surface area (Å²) < 4.78 is 0. The summed E-state index contributed by atoms with van der Waals surface area (Å²) in [5.41, 5.74) is 2.36. The summed E-state index contributed by atoms with van der Waals surface area (Å²) in [5, 5.41) is 3.34. The van der Waals surface area contributed by atoms with Crippen molar-refractivity contribution in [3.63, 3.8) is 0 Å². The number of nitrogens with one attached hydrogen (secondary N) is 1. The third-order valence-corrected chi connectivity index (χ3v) is 2.20. The van der Waals surface area contributed by atoms with E-state index in [1.165, 1.54) is 5.56 Å². The van der Waals surface area contributed by atoms with Crippen LogP contribution >= 0.6 is 0 Å². The molecule has 0 saturated heterocycles. The van der Waals surface area contributed by atoms with Gasteiger partial charge in [-0.15, -0.1) is 0 Å². The van der Waals surface area contributed by atoms with Crippen LogP contribution in [0, 0.1) is 6.92 Å². The maximum absolute atomic E-state index is 4.27. The van der Waals surface area contributed by atoms with Gasteiger partial charge in [0.2, 0.25) is 0 Å². The second-order valence-corrected chi connectivity index (χ2v) is 3.46. The second kappa shape index (κ2) is 5.58. The van der Waals surface area contributed by atoms with Crippen molar-refractivity contribution in [1.82, 2.24) is 9.97 Å². The molecule has 3 heteroatoms. The molecule has 0 aliphatic carbocycles. The minimum atomic E-state index is 0.979. The Labute approximate surface area is 86.0 Å². The van der Waals surface area contributed by atoms with Gasteiger partial charge >= 0.3 is 0 Å². The van der Waals surface area contributed by atoms with Crippen LogP contribution in [0.25, 0.3) is 0 Å². The van der Waals surface area contributed by atoms with Gasteiger partial charge in [0, 0.05) is 17.8 Å². The summed E-state index contributed by atoms with van der Waals surface area (Å²) in [5.74, 6) is 1.02. The first-order valence-electron chi connectivity index (χ1n) is 5.33. The van der Waals surface area contributed by atoms with Crippen LogP contribution in [0.1, 0.15) is 37.9 Å². The third-order valence-electron chi connectivity index (χ3n) is 2.20. The lowest BCUT2D eigenvalue weighted by Crippen LogP contribution is -2.07. The van der Waals surface area contributed by atoms with Gasteiger partial charge in [-0.25, -0.2) is 9.97 Å². The van der Waals surface area contributed by atoms with E-state index in [1.54, 1.807) is 6.33 Å². The smallest absolute Gasteiger partial charge is 0.132 e. The van der Waals surface area contributed by atoms with E-state index in [4.69, 9.17) is 0 Å². The Kier molecular flexibility index (Phi) is 4.36. The molecule has 0 spiro atoms. The van der Waals surface area contributed by atoms with Crippen LogP contribution in [0.15, 0.2) is 6.33 Å². The summed E-state index contributed by atoms with van der Waals surface area (Å²) in [6, 6.07) is 0. The van der Waals surface area contributed by atoms with E-state index in [0.717, 1.165) is 37.3 Å². The van der Waals surface area contributed by atoms with Crippen molar-refractivity contribution >= 4 is 5.82 Å². The molecule has 3 nitrogen and oxygen atoms in total. The maximum atomic E-state index is 4.27. The van der Waals surface area contributed by atoms with Crippen molar-refractivity contribution in [2.75, 3.05) is 11.9 Å². The third kappa shape index (κ3) is 2.69. The Morgan fingerprint density at radius 1 is 1.21 bits per heavy atom. The first-order valence-corrected chi connectivity index (χ1v) is 5.33. The zero-order valence-electron chi connectivity index (χ0n) is 9.30. The van der Waals surface area contributed by atoms with Crippen LogP contribution in [-0.4, -0.2) is 16.5 Å². The SMILES string of the molecule is CCCNc1ncnc(C)c1CCC. The van der Waals surface area contributed by atoms with E-state index in [9.17, 15) is 0 Å². The number of anilines is 1. The minimum absolute atomic E-state index is 0.979. The fourth-order valence-electron chi connectivity index (χ4n) is 1.45. The summed E-state index contributed by atoms with van der Waals surface area (Å²) in [6.45, 7) is 7.35. The highest BCUT2D eigenvalue weighted by molar-refractivity contribution is 5.45. The Morgan fingerprint density at radius 2 is 2.00 bits per heavy atom. The molecule has 0 atom stereocenters. The Bertz CT molecular complexity index is 284. The molecule has 0 bridgehead atoms. The molecule has 78 valence electrons. The van der Waals surface area contributed by atoms with Crippen LogP contribution in [0.4, 0.5) is 5.82 Å². The molecule has 0 unspecified atom stereocenters. The number of rotatable bonds is 5. The minimum Gasteiger partial charge on any atom is -0.370 e. The molecular weight excluding hydrogens is 174 g/mol. The van der Waals surface area contributed by atoms with E-state index in [1.807, 2.05) is 6.92 Å². The number of nitrogens with zero attached hydrogens (tertiary/aromatic N) is 2. The van der Waals surface area contributed by atoms with Gasteiger partial charge in [-0.2, -0.15) is 0 Å². The first kappa shape index (κ1) is 11.0. The number of hydrogen-bond acceptors (Lipinski definition) is 3. The van der Waals surface area contributed by atoms with Crippen LogP contribution in [0.2, 0.25) is 0 Å². The number of hydrogen-bond donors (Lipinski definition) is 1. The Hall–Kier alpha value is -1.12. The van der Waals surface area contributed by atoms with E-state index >= 15 is 0 Å². The van der Waals surface area contributed by atoms with Crippen molar-refractivity contribution in [1.29, 1.82) is 0 Å². The van der Waals surface area contributed by atoms with Crippen LogP contribution in [0.5, 0.6) is 0 Å². The predicted octanol–water partition coefficient (Wildman–Crippen LogP) is 2.56. The quantitative estimate of drug-likeness (QED) is 0.781. The molecule has 1 rings (SSSR count). The zero-order chi connectivity index (χ0) is 10.4. The van der Waals surface area contributed by atoms with Gasteiger partial charge in [-0.3, -0.25) is 0 Å². The summed E-state index contributed by atoms with van der Waals surface area (Å²) >= 11 is 0. The molecule has 1 aromatic heterocycles. The molecule has 0 saturated carbocycles. The summed E-state index contributed by atoms with van der Waals surface area (Å²) in [6.07, 6.45) is 4.94. The molecule has 1 heterocycles. The van der Waals surface area contributed by atoms with Gasteiger partial charge < -0.3 is 5.32 Å². The van der Waals surface area contributed by atoms with Gasteiger partial charge in [0.1, 0.15) is 12.1 Å². The normalized spacial score (nSPS) is 10.2. The maximum Gasteiger partial charge on any atom is 0.132 e. The van der Waals surface area contributed by atoms with E-state index in [0.29, 0.717) is 0 Å². The van der Waals surface area contributed by atoms with Crippen molar-refractivity contribution in [3.8, 4) is 0 Å². The highest BCUT2D eigenvalue weighted by atomic mass is 15.0. The number of aryl methyl sites for hydroxylation is 1. The predicted molar refractivity (Wildman–Crippen MR) is 59.5 cm³/mol.